The average molecular weight is 449 g/mol. The van der Waals surface area contributed by atoms with Crippen molar-refractivity contribution in [2.45, 2.75) is 26.7 Å². The van der Waals surface area contributed by atoms with Gasteiger partial charge in [-0.1, -0.05) is 23.2 Å². The lowest BCUT2D eigenvalue weighted by molar-refractivity contribution is -0.111. The van der Waals surface area contributed by atoms with Crippen molar-refractivity contribution < 1.29 is 24.5 Å². The van der Waals surface area contributed by atoms with Gasteiger partial charge in [0.15, 0.2) is 28.8 Å². The number of aromatic hydroxyl groups is 2. The van der Waals surface area contributed by atoms with Gasteiger partial charge in [-0.05, 0) is 74.2 Å². The molecule has 3 rings (SSSR count). The molecule has 0 bridgehead atoms. The standard InChI is InChI=1S/C23H22Cl2O5/c1-3-29-19-11-13(9-17(24)22(19)27)7-15-5-6-16(21(15)26)8-14-10-18(25)23(28)20(12-14)30-4-2/h7-12,27-28H,3-6H2,1-2H3/b15-7+,16-8+. The highest BCUT2D eigenvalue weighted by molar-refractivity contribution is 6.32. The maximum absolute atomic E-state index is 12.9. The molecule has 0 radical (unpaired) electrons. The minimum atomic E-state index is -0.117. The molecule has 0 spiro atoms. The molecule has 0 atom stereocenters. The zero-order valence-corrected chi connectivity index (χ0v) is 18.2. The summed E-state index contributed by atoms with van der Waals surface area (Å²) >= 11 is 12.2. The average Bonchev–Trinajstić information content (AvgIpc) is 3.03. The van der Waals surface area contributed by atoms with E-state index in [0.717, 1.165) is 0 Å². The Morgan fingerprint density at radius 2 is 1.23 bits per heavy atom. The maximum Gasteiger partial charge on any atom is 0.185 e. The SMILES string of the molecule is CCOc1cc(/C=C2\CC/C(=C\c3cc(Cl)c(O)c(OCC)c3)C2=O)cc(Cl)c1O. The van der Waals surface area contributed by atoms with Crippen molar-refractivity contribution in [3.8, 4) is 23.0 Å². The van der Waals surface area contributed by atoms with E-state index < -0.39 is 0 Å². The lowest BCUT2D eigenvalue weighted by atomic mass is 10.1. The summed E-state index contributed by atoms with van der Waals surface area (Å²) in [6.45, 7) is 4.38. The Morgan fingerprint density at radius 3 is 1.60 bits per heavy atom. The Balaban J connectivity index is 1.90. The number of hydrogen-bond acceptors (Lipinski definition) is 5. The molecule has 30 heavy (non-hydrogen) atoms. The first-order valence-electron chi connectivity index (χ1n) is 9.60. The molecule has 5 nitrogen and oxygen atoms in total. The van der Waals surface area contributed by atoms with Crippen LogP contribution in [0.5, 0.6) is 23.0 Å². The minimum Gasteiger partial charge on any atom is -0.503 e. The molecule has 7 heteroatoms. The number of rotatable bonds is 6. The van der Waals surface area contributed by atoms with Crippen molar-refractivity contribution in [3.05, 3.63) is 56.6 Å². The fourth-order valence-electron chi connectivity index (χ4n) is 3.27. The van der Waals surface area contributed by atoms with E-state index in [2.05, 4.69) is 0 Å². The number of carbonyl (C=O) groups excluding carboxylic acids is 1. The number of Topliss-reactive ketones (excluding diaryl/α,β-unsaturated/α-hetero) is 1. The summed E-state index contributed by atoms with van der Waals surface area (Å²) in [5.74, 6) is 0.251. The number of carbonyl (C=O) groups is 1. The first-order valence-corrected chi connectivity index (χ1v) is 10.4. The fraction of sp³-hybridized carbons (Fsp3) is 0.261. The summed E-state index contributed by atoms with van der Waals surface area (Å²) < 4.78 is 10.8. The number of ketones is 1. The number of phenolic OH excluding ortho intramolecular Hbond substituents is 2. The lowest BCUT2D eigenvalue weighted by Gasteiger charge is -2.09. The topological polar surface area (TPSA) is 76.0 Å². The van der Waals surface area contributed by atoms with Gasteiger partial charge in [-0.3, -0.25) is 4.79 Å². The Bertz CT molecular complexity index is 959. The number of benzene rings is 2. The lowest BCUT2D eigenvalue weighted by Crippen LogP contribution is -1.97. The largest absolute Gasteiger partial charge is 0.503 e. The van der Waals surface area contributed by atoms with Gasteiger partial charge in [0.2, 0.25) is 0 Å². The molecule has 0 heterocycles. The molecule has 1 fully saturated rings. The van der Waals surface area contributed by atoms with Crippen LogP contribution in [-0.4, -0.2) is 29.2 Å². The summed E-state index contributed by atoms with van der Waals surface area (Å²) in [6, 6.07) is 6.49. The van der Waals surface area contributed by atoms with Crippen molar-refractivity contribution in [2.75, 3.05) is 13.2 Å². The normalized spacial score (nSPS) is 16.5. The first-order chi connectivity index (χ1) is 14.3. The fourth-order valence-corrected chi connectivity index (χ4v) is 3.70. The van der Waals surface area contributed by atoms with Gasteiger partial charge in [0.05, 0.1) is 23.3 Å². The second-order valence-electron chi connectivity index (χ2n) is 6.73. The molecular formula is C23H22Cl2O5. The second kappa shape index (κ2) is 9.45. The Kier molecular flexibility index (Phi) is 6.95. The summed E-state index contributed by atoms with van der Waals surface area (Å²) in [6.07, 6.45) is 4.67. The van der Waals surface area contributed by atoms with Crippen LogP contribution in [0.15, 0.2) is 35.4 Å². The second-order valence-corrected chi connectivity index (χ2v) is 7.55. The van der Waals surface area contributed by atoms with Crippen LogP contribution in [0.1, 0.15) is 37.8 Å². The van der Waals surface area contributed by atoms with Crippen molar-refractivity contribution in [1.29, 1.82) is 0 Å². The zero-order valence-electron chi connectivity index (χ0n) is 16.7. The number of phenols is 2. The van der Waals surface area contributed by atoms with Crippen LogP contribution in [0.25, 0.3) is 12.2 Å². The van der Waals surface area contributed by atoms with Crippen LogP contribution < -0.4 is 9.47 Å². The van der Waals surface area contributed by atoms with Crippen LogP contribution in [-0.2, 0) is 4.79 Å². The first kappa shape index (κ1) is 22.1. The van der Waals surface area contributed by atoms with E-state index in [0.29, 0.717) is 48.3 Å². The van der Waals surface area contributed by atoms with Gasteiger partial charge in [0.25, 0.3) is 0 Å². The van der Waals surface area contributed by atoms with Crippen molar-refractivity contribution in [2.24, 2.45) is 0 Å². The smallest absolute Gasteiger partial charge is 0.185 e. The monoisotopic (exact) mass is 448 g/mol. The summed E-state index contributed by atoms with van der Waals surface area (Å²) in [4.78, 5) is 12.9. The summed E-state index contributed by atoms with van der Waals surface area (Å²) in [5.41, 5.74) is 2.63. The van der Waals surface area contributed by atoms with Crippen molar-refractivity contribution in [1.82, 2.24) is 0 Å². The van der Waals surface area contributed by atoms with Gasteiger partial charge in [0, 0.05) is 11.1 Å². The zero-order chi connectivity index (χ0) is 21.8. The van der Waals surface area contributed by atoms with Gasteiger partial charge in [-0.15, -0.1) is 0 Å². The third-order valence-electron chi connectivity index (χ3n) is 4.63. The van der Waals surface area contributed by atoms with Gasteiger partial charge >= 0.3 is 0 Å². The van der Waals surface area contributed by atoms with Gasteiger partial charge in [-0.2, -0.15) is 0 Å². The number of hydrogen-bond donors (Lipinski definition) is 2. The molecule has 0 unspecified atom stereocenters. The molecule has 0 amide bonds. The Hall–Kier alpha value is -2.63. The van der Waals surface area contributed by atoms with E-state index in [9.17, 15) is 15.0 Å². The van der Waals surface area contributed by atoms with Gasteiger partial charge in [-0.25, -0.2) is 0 Å². The van der Waals surface area contributed by atoms with E-state index in [1.807, 2.05) is 13.8 Å². The number of ether oxygens (including phenoxy) is 2. The van der Waals surface area contributed by atoms with Crippen LogP contribution in [0.4, 0.5) is 0 Å². The highest BCUT2D eigenvalue weighted by Crippen LogP contribution is 2.39. The molecular weight excluding hydrogens is 427 g/mol. The molecule has 0 aliphatic heterocycles. The van der Waals surface area contributed by atoms with E-state index in [1.54, 1.807) is 36.4 Å². The minimum absolute atomic E-state index is 0.0701. The summed E-state index contributed by atoms with van der Waals surface area (Å²) in [5, 5.41) is 20.3. The number of allylic oxidation sites excluding steroid dienone is 2. The third-order valence-corrected chi connectivity index (χ3v) is 5.21. The van der Waals surface area contributed by atoms with Gasteiger partial charge < -0.3 is 19.7 Å². The van der Waals surface area contributed by atoms with Gasteiger partial charge in [0.1, 0.15) is 0 Å². The maximum atomic E-state index is 12.9. The molecule has 2 N–H and O–H groups in total. The van der Waals surface area contributed by atoms with Crippen LogP contribution in [0.2, 0.25) is 10.0 Å². The Labute approximate surface area is 185 Å². The molecule has 0 saturated heterocycles. The number of halogens is 2. The molecule has 1 aliphatic rings. The van der Waals surface area contributed by atoms with Crippen molar-refractivity contribution >= 4 is 41.1 Å². The molecule has 158 valence electrons. The predicted octanol–water partition coefficient (Wildman–Crippen LogP) is 6.03. The Morgan fingerprint density at radius 1 is 0.833 bits per heavy atom. The predicted molar refractivity (Wildman–Crippen MR) is 119 cm³/mol. The van der Waals surface area contributed by atoms with E-state index in [4.69, 9.17) is 32.7 Å². The van der Waals surface area contributed by atoms with Crippen LogP contribution >= 0.6 is 23.2 Å². The molecule has 0 aromatic heterocycles. The summed E-state index contributed by atoms with van der Waals surface area (Å²) in [7, 11) is 0. The molecule has 2 aromatic carbocycles. The third kappa shape index (κ3) is 4.74. The van der Waals surface area contributed by atoms with Crippen LogP contribution in [0, 0.1) is 0 Å². The van der Waals surface area contributed by atoms with E-state index >= 15 is 0 Å². The molecule has 1 saturated carbocycles. The highest BCUT2D eigenvalue weighted by atomic mass is 35.5. The van der Waals surface area contributed by atoms with E-state index in [1.165, 1.54) is 0 Å². The quantitative estimate of drug-likeness (QED) is 0.527. The molecule has 1 aliphatic carbocycles. The van der Waals surface area contributed by atoms with E-state index in [-0.39, 0.29) is 38.8 Å². The van der Waals surface area contributed by atoms with Crippen LogP contribution in [0.3, 0.4) is 0 Å². The van der Waals surface area contributed by atoms with Crippen molar-refractivity contribution in [3.63, 3.8) is 0 Å². The highest BCUT2D eigenvalue weighted by Gasteiger charge is 2.24. The molecule has 2 aromatic rings.